The van der Waals surface area contributed by atoms with E-state index in [0.29, 0.717) is 51.9 Å². The molecule has 2 aromatic carbocycles. The second-order valence-corrected chi connectivity index (χ2v) is 9.99. The summed E-state index contributed by atoms with van der Waals surface area (Å²) in [6.45, 7) is 5.50. The SMILES string of the molecule is COc1ccc([C@H]2CC(=O)C3=C(C2)N=C(C)C(C(=O)OC(C)C)[C@@H]3c2cc3c(cc2Cl)OCO3)cc1. The first-order valence-corrected chi connectivity index (χ1v) is 12.4. The zero-order valence-corrected chi connectivity index (χ0v) is 21.4. The summed E-state index contributed by atoms with van der Waals surface area (Å²) in [5.74, 6) is -0.0688. The van der Waals surface area contributed by atoms with E-state index in [4.69, 9.17) is 35.5 Å². The molecule has 188 valence electrons. The van der Waals surface area contributed by atoms with Crippen molar-refractivity contribution in [3.63, 3.8) is 0 Å². The van der Waals surface area contributed by atoms with E-state index in [2.05, 4.69) is 0 Å². The molecule has 1 aliphatic carbocycles. The van der Waals surface area contributed by atoms with Crippen LogP contribution in [0.2, 0.25) is 5.02 Å². The van der Waals surface area contributed by atoms with Gasteiger partial charge in [-0.2, -0.15) is 0 Å². The second kappa shape index (κ2) is 9.62. The number of ether oxygens (including phenoxy) is 4. The molecule has 0 radical (unpaired) electrons. The minimum Gasteiger partial charge on any atom is -0.497 e. The number of hydrogen-bond acceptors (Lipinski definition) is 7. The van der Waals surface area contributed by atoms with Crippen molar-refractivity contribution in [3.05, 3.63) is 63.8 Å². The first kappa shape index (κ1) is 24.4. The van der Waals surface area contributed by atoms with Gasteiger partial charge in [0, 0.05) is 40.4 Å². The van der Waals surface area contributed by atoms with Gasteiger partial charge >= 0.3 is 5.97 Å². The summed E-state index contributed by atoms with van der Waals surface area (Å²) in [7, 11) is 1.62. The van der Waals surface area contributed by atoms with Crippen LogP contribution in [0.4, 0.5) is 0 Å². The Morgan fingerprint density at radius 3 is 2.47 bits per heavy atom. The Bertz CT molecular complexity index is 1280. The van der Waals surface area contributed by atoms with Gasteiger partial charge in [-0.1, -0.05) is 23.7 Å². The van der Waals surface area contributed by atoms with Crippen LogP contribution < -0.4 is 14.2 Å². The lowest BCUT2D eigenvalue weighted by atomic mass is 9.69. The van der Waals surface area contributed by atoms with E-state index in [9.17, 15) is 9.59 Å². The molecule has 8 heteroatoms. The fourth-order valence-corrected chi connectivity index (χ4v) is 5.56. The molecule has 7 nitrogen and oxygen atoms in total. The van der Waals surface area contributed by atoms with Crippen LogP contribution in [0.1, 0.15) is 56.6 Å². The minimum atomic E-state index is -0.773. The predicted molar refractivity (Wildman–Crippen MR) is 135 cm³/mol. The number of allylic oxidation sites excluding steroid dienone is 2. The lowest BCUT2D eigenvalue weighted by Crippen LogP contribution is -2.38. The maximum atomic E-state index is 13.8. The molecule has 0 N–H and O–H groups in total. The number of Topliss-reactive ketones (excluding diaryl/α,β-unsaturated/α-hetero) is 1. The maximum absolute atomic E-state index is 13.8. The summed E-state index contributed by atoms with van der Waals surface area (Å²) in [5, 5.41) is 0.401. The number of esters is 1. The Kier molecular flexibility index (Phi) is 6.51. The van der Waals surface area contributed by atoms with Crippen LogP contribution in [0.3, 0.4) is 0 Å². The molecule has 0 fully saturated rings. The van der Waals surface area contributed by atoms with Gasteiger partial charge in [-0.3, -0.25) is 14.6 Å². The number of ketones is 1. The molecular formula is C28H28ClNO6. The first-order chi connectivity index (χ1) is 17.3. The third-order valence-corrected chi connectivity index (χ3v) is 7.24. The first-order valence-electron chi connectivity index (χ1n) is 12.0. The lowest BCUT2D eigenvalue weighted by Gasteiger charge is -2.37. The Morgan fingerprint density at radius 2 is 1.81 bits per heavy atom. The summed E-state index contributed by atoms with van der Waals surface area (Å²) < 4.78 is 21.9. The second-order valence-electron chi connectivity index (χ2n) is 9.58. The van der Waals surface area contributed by atoms with Crippen molar-refractivity contribution in [2.75, 3.05) is 13.9 Å². The average Bonchev–Trinajstić information content (AvgIpc) is 3.29. The van der Waals surface area contributed by atoms with Crippen molar-refractivity contribution in [1.29, 1.82) is 0 Å². The zero-order valence-electron chi connectivity index (χ0n) is 20.7. The van der Waals surface area contributed by atoms with Gasteiger partial charge in [-0.25, -0.2) is 0 Å². The molecule has 5 rings (SSSR count). The van der Waals surface area contributed by atoms with Crippen LogP contribution in [-0.2, 0) is 14.3 Å². The molecule has 0 aromatic heterocycles. The molecule has 0 amide bonds. The molecule has 3 atom stereocenters. The number of halogens is 1. The van der Waals surface area contributed by atoms with Crippen molar-refractivity contribution in [2.24, 2.45) is 10.9 Å². The van der Waals surface area contributed by atoms with E-state index < -0.39 is 17.8 Å². The van der Waals surface area contributed by atoms with E-state index in [0.717, 1.165) is 11.3 Å². The van der Waals surface area contributed by atoms with Crippen LogP contribution in [0.5, 0.6) is 17.2 Å². The summed E-state index contributed by atoms with van der Waals surface area (Å²) in [6.07, 6.45) is 0.578. The largest absolute Gasteiger partial charge is 0.497 e. The normalized spacial score (nSPS) is 22.9. The molecule has 3 aliphatic rings. The van der Waals surface area contributed by atoms with Crippen LogP contribution >= 0.6 is 11.6 Å². The van der Waals surface area contributed by atoms with E-state index in [1.807, 2.05) is 31.2 Å². The van der Waals surface area contributed by atoms with Gasteiger partial charge in [0.15, 0.2) is 17.3 Å². The summed E-state index contributed by atoms with van der Waals surface area (Å²) >= 11 is 6.72. The van der Waals surface area contributed by atoms with E-state index in [1.54, 1.807) is 33.1 Å². The summed E-state index contributed by atoms with van der Waals surface area (Å²) in [5.41, 5.74) is 3.49. The fraction of sp³-hybridized carbons (Fsp3) is 0.393. The number of carbonyl (C=O) groups excluding carboxylic acids is 2. The van der Waals surface area contributed by atoms with E-state index in [1.165, 1.54) is 0 Å². The number of aliphatic imine (C=N–C) groups is 1. The fourth-order valence-electron chi connectivity index (χ4n) is 5.29. The molecule has 2 aliphatic heterocycles. The van der Waals surface area contributed by atoms with Crippen molar-refractivity contribution in [1.82, 2.24) is 0 Å². The van der Waals surface area contributed by atoms with Crippen molar-refractivity contribution >= 4 is 29.1 Å². The highest BCUT2D eigenvalue weighted by molar-refractivity contribution is 6.32. The topological polar surface area (TPSA) is 83.4 Å². The Hall–Kier alpha value is -3.32. The zero-order chi connectivity index (χ0) is 25.6. The highest BCUT2D eigenvalue weighted by Crippen LogP contribution is 2.50. The van der Waals surface area contributed by atoms with E-state index >= 15 is 0 Å². The van der Waals surface area contributed by atoms with Gasteiger partial charge < -0.3 is 18.9 Å². The smallest absolute Gasteiger partial charge is 0.315 e. The molecule has 36 heavy (non-hydrogen) atoms. The number of fused-ring (bicyclic) bond motifs is 1. The van der Waals surface area contributed by atoms with Gasteiger partial charge in [0.1, 0.15) is 11.7 Å². The van der Waals surface area contributed by atoms with Crippen LogP contribution in [0, 0.1) is 5.92 Å². The molecule has 0 saturated carbocycles. The quantitative estimate of drug-likeness (QED) is 0.487. The summed E-state index contributed by atoms with van der Waals surface area (Å²) in [4.78, 5) is 31.9. The highest BCUT2D eigenvalue weighted by Gasteiger charge is 2.46. The molecule has 1 unspecified atom stereocenters. The maximum Gasteiger partial charge on any atom is 0.315 e. The predicted octanol–water partition coefficient (Wildman–Crippen LogP) is 5.60. The van der Waals surface area contributed by atoms with Gasteiger partial charge in [-0.05, 0) is 62.4 Å². The van der Waals surface area contributed by atoms with Gasteiger partial charge in [0.05, 0.1) is 13.2 Å². The van der Waals surface area contributed by atoms with Crippen molar-refractivity contribution in [2.45, 2.75) is 51.6 Å². The number of benzene rings is 2. The Labute approximate surface area is 215 Å². The molecule has 2 heterocycles. The van der Waals surface area contributed by atoms with Crippen LogP contribution in [-0.4, -0.2) is 37.5 Å². The molecular weight excluding hydrogens is 482 g/mol. The lowest BCUT2D eigenvalue weighted by molar-refractivity contribution is -0.150. The molecule has 0 bridgehead atoms. The average molecular weight is 510 g/mol. The Morgan fingerprint density at radius 1 is 1.11 bits per heavy atom. The molecule has 0 spiro atoms. The molecule has 2 aromatic rings. The molecule has 0 saturated heterocycles. The number of rotatable bonds is 5. The van der Waals surface area contributed by atoms with Gasteiger partial charge in [-0.15, -0.1) is 0 Å². The van der Waals surface area contributed by atoms with Crippen LogP contribution in [0.25, 0.3) is 0 Å². The highest BCUT2D eigenvalue weighted by atomic mass is 35.5. The van der Waals surface area contributed by atoms with Crippen LogP contribution in [0.15, 0.2) is 52.7 Å². The number of carbonyl (C=O) groups is 2. The van der Waals surface area contributed by atoms with Crippen molar-refractivity contribution < 1.29 is 28.5 Å². The standard InChI is InChI=1S/C28H28ClNO6/c1-14(2)36-28(32)25-15(3)30-21-9-17(16-5-7-18(33-4)8-6-16)10-22(31)27(21)26(25)19-11-23-24(12-20(19)29)35-13-34-23/h5-8,11-12,14,17,25-26H,9-10,13H2,1-4H3/t17-,25?,26+/m1/s1. The number of methoxy groups -OCH3 is 1. The minimum absolute atomic E-state index is 0.0225. The van der Waals surface area contributed by atoms with Gasteiger partial charge in [0.25, 0.3) is 0 Å². The number of nitrogens with zero attached hydrogens (tertiary/aromatic N) is 1. The number of hydrogen-bond donors (Lipinski definition) is 0. The third-order valence-electron chi connectivity index (χ3n) is 6.91. The van der Waals surface area contributed by atoms with Gasteiger partial charge in [0.2, 0.25) is 6.79 Å². The van der Waals surface area contributed by atoms with E-state index in [-0.39, 0.29) is 24.6 Å². The monoisotopic (exact) mass is 509 g/mol. The third kappa shape index (κ3) is 4.37. The summed E-state index contributed by atoms with van der Waals surface area (Å²) in [6, 6.07) is 11.2. The van der Waals surface area contributed by atoms with Crippen molar-refractivity contribution in [3.8, 4) is 17.2 Å². The Balaban J connectivity index is 1.60.